The molecule has 3 rings (SSSR count). The molecular weight excluding hydrogens is 294 g/mol. The average molecular weight is 315 g/mol. The zero-order chi connectivity index (χ0) is 15.6. The molecule has 2 aromatic rings. The molecule has 2 aromatic carbocycles. The molecule has 1 aliphatic carbocycles. The zero-order valence-corrected chi connectivity index (χ0v) is 13.6. The van der Waals surface area contributed by atoms with E-state index >= 15 is 0 Å². The molecule has 0 saturated heterocycles. The monoisotopic (exact) mass is 315 g/mol. The molecular formula is C18H21NO2S. The average Bonchev–Trinajstić information content (AvgIpc) is 2.56. The first kappa shape index (κ1) is 15.3. The highest BCUT2D eigenvalue weighted by Crippen LogP contribution is 2.33. The molecule has 116 valence electrons. The van der Waals surface area contributed by atoms with Gasteiger partial charge in [-0.2, -0.15) is 0 Å². The number of likely N-dealkylation sites (N-methyl/N-ethyl adjacent to an activating group) is 1. The van der Waals surface area contributed by atoms with Gasteiger partial charge in [-0.05, 0) is 67.6 Å². The number of sulfone groups is 1. The minimum Gasteiger partial charge on any atom is -0.319 e. The van der Waals surface area contributed by atoms with Crippen LogP contribution in [0.5, 0.6) is 0 Å². The molecule has 1 N–H and O–H groups in total. The van der Waals surface area contributed by atoms with Gasteiger partial charge in [0, 0.05) is 6.54 Å². The first-order chi connectivity index (χ1) is 10.6. The standard InChI is InChI=1S/C18H21NO2S/c1-19-13-15-7-5-6-14-12-17(10-11-18(14)15)22(20,21)16-8-3-2-4-9-16/h2-4,8-12,15,19H,5-7,13H2,1H3. The quantitative estimate of drug-likeness (QED) is 0.942. The summed E-state index contributed by atoms with van der Waals surface area (Å²) in [7, 11) is -1.46. The molecule has 0 heterocycles. The summed E-state index contributed by atoms with van der Waals surface area (Å²) < 4.78 is 25.4. The van der Waals surface area contributed by atoms with Gasteiger partial charge in [-0.15, -0.1) is 0 Å². The number of hydrogen-bond acceptors (Lipinski definition) is 3. The third-order valence-electron chi connectivity index (χ3n) is 4.37. The zero-order valence-electron chi connectivity index (χ0n) is 12.7. The Morgan fingerprint density at radius 2 is 1.86 bits per heavy atom. The van der Waals surface area contributed by atoms with Crippen LogP contribution < -0.4 is 5.32 Å². The van der Waals surface area contributed by atoms with Gasteiger partial charge in [-0.25, -0.2) is 8.42 Å². The molecule has 0 spiro atoms. The van der Waals surface area contributed by atoms with E-state index in [9.17, 15) is 8.42 Å². The molecule has 3 nitrogen and oxygen atoms in total. The Hall–Kier alpha value is -1.65. The lowest BCUT2D eigenvalue weighted by Crippen LogP contribution is -2.21. The summed E-state index contributed by atoms with van der Waals surface area (Å²) in [6, 6.07) is 14.3. The van der Waals surface area contributed by atoms with Crippen LogP contribution in [0.3, 0.4) is 0 Å². The fraction of sp³-hybridized carbons (Fsp3) is 0.333. The van der Waals surface area contributed by atoms with E-state index in [0.717, 1.165) is 19.4 Å². The van der Waals surface area contributed by atoms with Crippen LogP contribution >= 0.6 is 0 Å². The van der Waals surface area contributed by atoms with Gasteiger partial charge in [0.1, 0.15) is 0 Å². The fourth-order valence-electron chi connectivity index (χ4n) is 3.25. The Kier molecular flexibility index (Phi) is 4.32. The van der Waals surface area contributed by atoms with Crippen molar-refractivity contribution >= 4 is 9.84 Å². The summed E-state index contributed by atoms with van der Waals surface area (Å²) in [5.41, 5.74) is 2.48. The lowest BCUT2D eigenvalue weighted by molar-refractivity contribution is 0.527. The predicted molar refractivity (Wildman–Crippen MR) is 87.9 cm³/mol. The van der Waals surface area contributed by atoms with Crippen molar-refractivity contribution in [2.24, 2.45) is 0 Å². The Labute approximate surface area is 132 Å². The van der Waals surface area contributed by atoms with E-state index in [1.807, 2.05) is 25.2 Å². The number of aryl methyl sites for hydroxylation is 1. The first-order valence-electron chi connectivity index (χ1n) is 7.70. The van der Waals surface area contributed by atoms with Crippen molar-refractivity contribution in [3.8, 4) is 0 Å². The van der Waals surface area contributed by atoms with Crippen LogP contribution in [0.4, 0.5) is 0 Å². The van der Waals surface area contributed by atoms with E-state index in [2.05, 4.69) is 5.32 Å². The molecule has 22 heavy (non-hydrogen) atoms. The van der Waals surface area contributed by atoms with Gasteiger partial charge in [-0.1, -0.05) is 24.3 Å². The second-order valence-corrected chi connectivity index (χ2v) is 7.77. The van der Waals surface area contributed by atoms with Crippen molar-refractivity contribution in [3.63, 3.8) is 0 Å². The molecule has 0 aliphatic heterocycles. The Bertz CT molecular complexity index is 754. The third-order valence-corrected chi connectivity index (χ3v) is 6.13. The topological polar surface area (TPSA) is 46.2 Å². The number of hydrogen-bond donors (Lipinski definition) is 1. The maximum Gasteiger partial charge on any atom is 0.206 e. The van der Waals surface area contributed by atoms with E-state index in [-0.39, 0.29) is 0 Å². The van der Waals surface area contributed by atoms with Crippen LogP contribution in [0.25, 0.3) is 0 Å². The summed E-state index contributed by atoms with van der Waals surface area (Å²) >= 11 is 0. The Balaban J connectivity index is 2.01. The second kappa shape index (κ2) is 6.23. The van der Waals surface area contributed by atoms with Gasteiger partial charge in [0.15, 0.2) is 0 Å². The largest absolute Gasteiger partial charge is 0.319 e. The lowest BCUT2D eigenvalue weighted by atomic mass is 9.83. The van der Waals surface area contributed by atoms with Crippen LogP contribution in [0.2, 0.25) is 0 Å². The van der Waals surface area contributed by atoms with E-state index in [4.69, 9.17) is 0 Å². The first-order valence-corrected chi connectivity index (χ1v) is 9.19. The predicted octanol–water partition coefficient (Wildman–Crippen LogP) is 3.16. The molecule has 0 saturated carbocycles. The highest BCUT2D eigenvalue weighted by molar-refractivity contribution is 7.91. The minimum atomic E-state index is -3.42. The lowest BCUT2D eigenvalue weighted by Gasteiger charge is -2.25. The normalized spacial score (nSPS) is 18.0. The fourth-order valence-corrected chi connectivity index (χ4v) is 4.58. The molecule has 1 atom stereocenters. The van der Waals surface area contributed by atoms with E-state index < -0.39 is 9.84 Å². The van der Waals surface area contributed by atoms with Gasteiger partial charge in [-0.3, -0.25) is 0 Å². The molecule has 1 unspecified atom stereocenters. The van der Waals surface area contributed by atoms with Gasteiger partial charge in [0.25, 0.3) is 0 Å². The molecule has 0 bridgehead atoms. The van der Waals surface area contributed by atoms with Crippen molar-refractivity contribution in [1.29, 1.82) is 0 Å². The van der Waals surface area contributed by atoms with Crippen LogP contribution in [0.1, 0.15) is 29.9 Å². The van der Waals surface area contributed by atoms with Gasteiger partial charge < -0.3 is 5.32 Å². The van der Waals surface area contributed by atoms with E-state index in [1.54, 1.807) is 30.3 Å². The Morgan fingerprint density at radius 1 is 1.09 bits per heavy atom. The van der Waals surface area contributed by atoms with Crippen molar-refractivity contribution in [2.45, 2.75) is 35.0 Å². The van der Waals surface area contributed by atoms with Crippen molar-refractivity contribution < 1.29 is 8.42 Å². The van der Waals surface area contributed by atoms with Crippen LogP contribution in [0, 0.1) is 0 Å². The van der Waals surface area contributed by atoms with Crippen molar-refractivity contribution in [1.82, 2.24) is 5.32 Å². The van der Waals surface area contributed by atoms with Gasteiger partial charge in [0.05, 0.1) is 9.79 Å². The SMILES string of the molecule is CNCC1CCCc2cc(S(=O)(=O)c3ccccc3)ccc21. The van der Waals surface area contributed by atoms with Crippen molar-refractivity contribution in [3.05, 3.63) is 59.7 Å². The molecule has 0 aromatic heterocycles. The number of benzene rings is 2. The number of fused-ring (bicyclic) bond motifs is 1. The smallest absolute Gasteiger partial charge is 0.206 e. The van der Waals surface area contributed by atoms with Crippen LogP contribution in [-0.4, -0.2) is 22.0 Å². The Morgan fingerprint density at radius 3 is 2.59 bits per heavy atom. The highest BCUT2D eigenvalue weighted by atomic mass is 32.2. The summed E-state index contributed by atoms with van der Waals surface area (Å²) in [6.45, 7) is 0.942. The van der Waals surface area contributed by atoms with Gasteiger partial charge in [0.2, 0.25) is 9.84 Å². The second-order valence-electron chi connectivity index (χ2n) is 5.82. The summed E-state index contributed by atoms with van der Waals surface area (Å²) in [4.78, 5) is 0.764. The summed E-state index contributed by atoms with van der Waals surface area (Å²) in [6.07, 6.45) is 3.25. The maximum atomic E-state index is 12.7. The molecule has 0 radical (unpaired) electrons. The summed E-state index contributed by atoms with van der Waals surface area (Å²) in [5.74, 6) is 0.488. The summed E-state index contributed by atoms with van der Waals surface area (Å²) in [5, 5.41) is 3.23. The van der Waals surface area contributed by atoms with Gasteiger partial charge >= 0.3 is 0 Å². The van der Waals surface area contributed by atoms with Crippen LogP contribution in [0.15, 0.2) is 58.3 Å². The molecule has 1 aliphatic rings. The minimum absolute atomic E-state index is 0.359. The maximum absolute atomic E-state index is 12.7. The number of nitrogens with one attached hydrogen (secondary N) is 1. The van der Waals surface area contributed by atoms with Crippen molar-refractivity contribution in [2.75, 3.05) is 13.6 Å². The molecule has 0 amide bonds. The van der Waals surface area contributed by atoms with E-state index in [1.165, 1.54) is 17.5 Å². The third kappa shape index (κ3) is 2.81. The number of rotatable bonds is 4. The highest BCUT2D eigenvalue weighted by Gasteiger charge is 2.23. The van der Waals surface area contributed by atoms with Crippen LogP contribution in [-0.2, 0) is 16.3 Å². The van der Waals surface area contributed by atoms with E-state index in [0.29, 0.717) is 15.7 Å². The molecule has 4 heteroatoms. The molecule has 0 fully saturated rings.